The molecule has 2 aromatic carbocycles. The topological polar surface area (TPSA) is 88.8 Å². The molecule has 0 amide bonds. The molecule has 3 aromatic rings. The van der Waals surface area contributed by atoms with E-state index < -0.39 is 57.8 Å². The number of aryl methyl sites for hydroxylation is 2. The quantitative estimate of drug-likeness (QED) is 0.338. The van der Waals surface area contributed by atoms with Crippen molar-refractivity contribution in [3.8, 4) is 11.5 Å². The van der Waals surface area contributed by atoms with Crippen LogP contribution in [-0.2, 0) is 18.8 Å². The van der Waals surface area contributed by atoms with E-state index in [0.717, 1.165) is 54.1 Å². The highest BCUT2D eigenvalue weighted by molar-refractivity contribution is 6.31. The van der Waals surface area contributed by atoms with Crippen molar-refractivity contribution >= 4 is 17.6 Å². The number of hydrogen-bond acceptors (Lipinski definition) is 4. The maximum Gasteiger partial charge on any atom is 0.422 e. The molecule has 0 fully saturated rings. The molecule has 0 spiro atoms. The molecule has 0 aliphatic rings. The normalized spacial score (nSPS) is 14.6. The first-order valence-electron chi connectivity index (χ1n) is 10.8. The fourth-order valence-electron chi connectivity index (χ4n) is 3.99. The molecule has 0 unspecified atom stereocenters. The largest absolute Gasteiger partial charge is 0.478 e. The zero-order valence-electron chi connectivity index (χ0n) is 19.9. The lowest BCUT2D eigenvalue weighted by Crippen LogP contribution is -2.47. The summed E-state index contributed by atoms with van der Waals surface area (Å²) >= 11 is 6.20. The summed E-state index contributed by atoms with van der Waals surface area (Å²) in [7, 11) is 1.23. The number of carboxylic acid groups (broad SMARTS) is 1. The first-order chi connectivity index (χ1) is 17.4. The molecular weight excluding hydrogens is 544 g/mol. The third-order valence-corrected chi connectivity index (χ3v) is 6.39. The fourth-order valence-corrected chi connectivity index (χ4v) is 4.33. The van der Waals surface area contributed by atoms with E-state index in [0.29, 0.717) is 6.07 Å². The van der Waals surface area contributed by atoms with E-state index in [4.69, 9.17) is 21.4 Å². The van der Waals surface area contributed by atoms with Crippen molar-refractivity contribution in [1.29, 1.82) is 0 Å². The highest BCUT2D eigenvalue weighted by Crippen LogP contribution is 2.50. The number of aromatic carboxylic acids is 1. The molecule has 0 aliphatic carbocycles. The van der Waals surface area contributed by atoms with Gasteiger partial charge < -0.3 is 19.5 Å². The summed E-state index contributed by atoms with van der Waals surface area (Å²) in [6.07, 6.45) is -9.33. The molecule has 13 heteroatoms. The molecule has 2 atom stereocenters. The summed E-state index contributed by atoms with van der Waals surface area (Å²) in [6, 6.07) is 6.09. The lowest BCUT2D eigenvalue weighted by molar-refractivity contribution is -0.274. The van der Waals surface area contributed by atoms with E-state index in [9.17, 15) is 41.0 Å². The lowest BCUT2D eigenvalue weighted by Gasteiger charge is -2.37. The van der Waals surface area contributed by atoms with E-state index in [1.54, 1.807) is 0 Å². The monoisotopic (exact) mass is 563 g/mol. The number of alkyl halides is 6. The third kappa shape index (κ3) is 5.37. The molecule has 1 aromatic heterocycles. The van der Waals surface area contributed by atoms with Gasteiger partial charge >= 0.3 is 18.3 Å². The molecule has 38 heavy (non-hydrogen) atoms. The smallest absolute Gasteiger partial charge is 0.422 e. The number of carboxylic acids is 1. The van der Waals surface area contributed by atoms with Gasteiger partial charge in [-0.05, 0) is 48.9 Å². The molecule has 0 radical (unpaired) electrons. The van der Waals surface area contributed by atoms with Gasteiger partial charge in [-0.1, -0.05) is 24.6 Å². The minimum atomic E-state index is -5.22. The highest BCUT2D eigenvalue weighted by atomic mass is 35.5. The number of pyridine rings is 1. The fraction of sp³-hybridized carbons (Fsp3) is 0.280. The predicted molar refractivity (Wildman–Crippen MR) is 125 cm³/mol. The maximum atomic E-state index is 14.3. The Kier molecular flexibility index (Phi) is 7.64. The average Bonchev–Trinajstić information content (AvgIpc) is 2.80. The van der Waals surface area contributed by atoms with E-state index in [1.165, 1.54) is 14.0 Å². The Morgan fingerprint density at radius 3 is 2.18 bits per heavy atom. The van der Waals surface area contributed by atoms with Gasteiger partial charge in [-0.25, -0.2) is 4.79 Å². The number of halogens is 7. The van der Waals surface area contributed by atoms with Crippen LogP contribution in [0.3, 0.4) is 0 Å². The molecule has 2 N–H and O–H groups in total. The SMILES string of the molecule is Cc1cc([C@@](O)([C@@H](C)c2ccc(Oc3ccc(C(=O)O)cc3C(F)(F)F)cc2Cl)C(F)(F)F)cn(C)c1=O. The molecule has 3 rings (SSSR count). The van der Waals surface area contributed by atoms with Gasteiger partial charge in [-0.15, -0.1) is 0 Å². The zero-order valence-corrected chi connectivity index (χ0v) is 20.7. The number of nitrogens with zero attached hydrogens (tertiary/aromatic N) is 1. The van der Waals surface area contributed by atoms with Crippen molar-refractivity contribution in [2.24, 2.45) is 7.05 Å². The molecule has 0 saturated carbocycles. The number of rotatable bonds is 6. The van der Waals surface area contributed by atoms with Crippen LogP contribution in [0.2, 0.25) is 5.02 Å². The summed E-state index contributed by atoms with van der Waals surface area (Å²) in [6.45, 7) is 2.35. The Labute approximate surface area is 216 Å². The minimum Gasteiger partial charge on any atom is -0.478 e. The van der Waals surface area contributed by atoms with Crippen LogP contribution >= 0.6 is 11.6 Å². The third-order valence-electron chi connectivity index (χ3n) is 6.06. The molecule has 1 heterocycles. The minimum absolute atomic E-state index is 0.0379. The van der Waals surface area contributed by atoms with Gasteiger partial charge in [0.25, 0.3) is 5.56 Å². The Morgan fingerprint density at radius 1 is 1.05 bits per heavy atom. The van der Waals surface area contributed by atoms with Crippen molar-refractivity contribution in [2.75, 3.05) is 0 Å². The Morgan fingerprint density at radius 2 is 1.68 bits per heavy atom. The molecule has 0 saturated heterocycles. The Hall–Kier alpha value is -3.51. The van der Waals surface area contributed by atoms with Gasteiger partial charge in [-0.3, -0.25) is 4.79 Å². The van der Waals surface area contributed by atoms with Crippen molar-refractivity contribution in [2.45, 2.75) is 37.7 Å². The van der Waals surface area contributed by atoms with Crippen LogP contribution in [-0.4, -0.2) is 26.9 Å². The van der Waals surface area contributed by atoms with Crippen molar-refractivity contribution in [3.05, 3.63) is 91.9 Å². The first-order valence-corrected chi connectivity index (χ1v) is 11.1. The van der Waals surface area contributed by atoms with E-state index in [-0.39, 0.29) is 21.9 Å². The number of benzene rings is 2. The highest BCUT2D eigenvalue weighted by Gasteiger charge is 2.59. The Bertz CT molecular complexity index is 1420. The predicted octanol–water partition coefficient (Wildman–Crippen LogP) is 6.41. The average molecular weight is 564 g/mol. The van der Waals surface area contributed by atoms with Crippen LogP contribution in [0.5, 0.6) is 11.5 Å². The second-order valence-electron chi connectivity index (χ2n) is 8.61. The zero-order chi connectivity index (χ0) is 28.8. The molecule has 6 nitrogen and oxygen atoms in total. The van der Waals surface area contributed by atoms with E-state index >= 15 is 0 Å². The van der Waals surface area contributed by atoms with Crippen LogP contribution in [0.1, 0.15) is 45.5 Å². The number of aromatic nitrogens is 1. The van der Waals surface area contributed by atoms with Gasteiger partial charge in [0.2, 0.25) is 0 Å². The van der Waals surface area contributed by atoms with Crippen LogP contribution in [0.4, 0.5) is 26.3 Å². The summed E-state index contributed by atoms with van der Waals surface area (Å²) in [5.41, 5.74) is -6.92. The summed E-state index contributed by atoms with van der Waals surface area (Å²) < 4.78 is 89.4. The molecule has 204 valence electrons. The van der Waals surface area contributed by atoms with Crippen LogP contribution < -0.4 is 10.3 Å². The Balaban J connectivity index is 2.05. The molecule has 0 aliphatic heterocycles. The second-order valence-corrected chi connectivity index (χ2v) is 9.02. The van der Waals surface area contributed by atoms with Gasteiger partial charge in [-0.2, -0.15) is 26.3 Å². The van der Waals surface area contributed by atoms with E-state index in [1.807, 2.05) is 0 Å². The number of hydrogen-bond donors (Lipinski definition) is 2. The molecule has 0 bridgehead atoms. The number of aliphatic hydroxyl groups is 1. The first kappa shape index (κ1) is 29.1. The van der Waals surface area contributed by atoms with E-state index in [2.05, 4.69) is 0 Å². The summed E-state index contributed by atoms with van der Waals surface area (Å²) in [5, 5.41) is 19.6. The second kappa shape index (κ2) is 9.99. The maximum absolute atomic E-state index is 14.3. The van der Waals surface area contributed by atoms with Gasteiger partial charge in [0.1, 0.15) is 11.5 Å². The van der Waals surface area contributed by atoms with Crippen molar-refractivity contribution < 1.29 is 46.1 Å². The lowest BCUT2D eigenvalue weighted by atomic mass is 9.78. The van der Waals surface area contributed by atoms with Crippen LogP contribution in [0, 0.1) is 6.92 Å². The summed E-state index contributed by atoms with van der Waals surface area (Å²) in [4.78, 5) is 23.0. The van der Waals surface area contributed by atoms with Crippen molar-refractivity contribution in [3.63, 3.8) is 0 Å². The number of carbonyl (C=O) groups is 1. The van der Waals surface area contributed by atoms with Gasteiger partial charge in [0.05, 0.1) is 11.1 Å². The summed E-state index contributed by atoms with van der Waals surface area (Å²) in [5.74, 6) is -4.37. The van der Waals surface area contributed by atoms with Crippen LogP contribution in [0.15, 0.2) is 53.5 Å². The number of ether oxygens (including phenoxy) is 1. The molecular formula is C25H20ClF6NO5. The standard InChI is InChI=1S/C25H20ClF6NO5/c1-12-8-15(11-33(3)21(12)34)23(37,25(30,31)32)13(2)17-6-5-16(10-19(17)26)38-20-7-4-14(22(35)36)9-18(20)24(27,28)29/h4-11,13,37H,1-3H3,(H,35,36)/t13-,23-/m0/s1. The van der Waals surface area contributed by atoms with Gasteiger partial charge in [0.15, 0.2) is 5.60 Å². The van der Waals surface area contributed by atoms with Crippen LogP contribution in [0.25, 0.3) is 0 Å². The van der Waals surface area contributed by atoms with Crippen molar-refractivity contribution in [1.82, 2.24) is 4.57 Å². The van der Waals surface area contributed by atoms with Gasteiger partial charge in [0, 0.05) is 35.3 Å².